The molecule has 1 aromatic rings. The molecule has 0 spiro atoms. The predicted octanol–water partition coefficient (Wildman–Crippen LogP) is -0.204. The highest BCUT2D eigenvalue weighted by Crippen LogP contribution is 2.28. The highest BCUT2D eigenvalue weighted by molar-refractivity contribution is 7.85. The fraction of sp³-hybridized carbons (Fsp3) is 0.444. The lowest BCUT2D eigenvalue weighted by atomic mass is 9.77. The van der Waals surface area contributed by atoms with Gasteiger partial charge in [-0.1, -0.05) is 35.5 Å². The van der Waals surface area contributed by atoms with Crippen LogP contribution in [0.5, 0.6) is 0 Å². The first-order valence-corrected chi connectivity index (χ1v) is 10.8. The van der Waals surface area contributed by atoms with Crippen molar-refractivity contribution in [3.8, 4) is 0 Å². The Bertz CT molecular complexity index is 1010. The number of alkyl halides is 3. The molecule has 0 amide bonds. The Morgan fingerprint density at radius 2 is 1.84 bits per heavy atom. The zero-order valence-corrected chi connectivity index (χ0v) is 17.4. The fourth-order valence-electron chi connectivity index (χ4n) is 3.03. The summed E-state index contributed by atoms with van der Waals surface area (Å²) in [4.78, 5) is 24.5. The second-order valence-corrected chi connectivity index (χ2v) is 8.57. The van der Waals surface area contributed by atoms with Crippen molar-refractivity contribution < 1.29 is 45.2 Å². The van der Waals surface area contributed by atoms with Crippen LogP contribution in [0.15, 0.2) is 24.3 Å². The number of hydrogen-bond acceptors (Lipinski definition) is 6. The number of benzene rings is 1. The topological polar surface area (TPSA) is 107 Å². The standard InChI is InChI=1S/C18H16B3F3O7S/c19-7-13-12(5-10(20)6-14(13)21)17(26)30-11-3-1-9(2-4-11)16(25)31-15(18(22,23)24)8-32(27,28)29/h1,3,5-6,9,11,15H,2,4,7-8H2,(H,27,28,29). The molecule has 3 unspecified atom stereocenters. The van der Waals surface area contributed by atoms with Gasteiger partial charge >= 0.3 is 18.1 Å². The van der Waals surface area contributed by atoms with Crippen LogP contribution in [0.3, 0.4) is 0 Å². The van der Waals surface area contributed by atoms with E-state index in [1.54, 1.807) is 0 Å². The third-order valence-corrected chi connectivity index (χ3v) is 5.32. The zero-order chi connectivity index (χ0) is 24.3. The summed E-state index contributed by atoms with van der Waals surface area (Å²) in [5.74, 6) is -5.04. The van der Waals surface area contributed by atoms with Crippen molar-refractivity contribution in [3.05, 3.63) is 35.4 Å². The molecule has 1 aliphatic rings. The lowest BCUT2D eigenvalue weighted by Crippen LogP contribution is -2.41. The molecule has 6 radical (unpaired) electrons. The Labute approximate surface area is 186 Å². The van der Waals surface area contributed by atoms with Crippen molar-refractivity contribution in [1.82, 2.24) is 0 Å². The highest BCUT2D eigenvalue weighted by Gasteiger charge is 2.46. The summed E-state index contributed by atoms with van der Waals surface area (Å²) >= 11 is 0. The quantitative estimate of drug-likeness (QED) is 0.257. The van der Waals surface area contributed by atoms with Crippen molar-refractivity contribution in [2.24, 2.45) is 5.92 Å². The number of esters is 2. The van der Waals surface area contributed by atoms with Crippen LogP contribution in [0.1, 0.15) is 28.8 Å². The van der Waals surface area contributed by atoms with Gasteiger partial charge in [0.2, 0.25) is 6.10 Å². The predicted molar refractivity (Wildman–Crippen MR) is 110 cm³/mol. The average Bonchev–Trinajstić information content (AvgIpc) is 2.65. The molecular weight excluding hydrogens is 450 g/mol. The van der Waals surface area contributed by atoms with E-state index in [4.69, 9.17) is 32.8 Å². The molecule has 0 saturated carbocycles. The van der Waals surface area contributed by atoms with Crippen LogP contribution in [0.4, 0.5) is 13.2 Å². The lowest BCUT2D eigenvalue weighted by Gasteiger charge is -2.25. The molecule has 0 aromatic heterocycles. The van der Waals surface area contributed by atoms with Crippen molar-refractivity contribution in [3.63, 3.8) is 0 Å². The normalized spacial score (nSPS) is 19.9. The van der Waals surface area contributed by atoms with Gasteiger partial charge in [0.05, 0.1) is 19.3 Å². The number of carbonyl (C=O) groups is 2. The molecule has 14 heteroatoms. The molecule has 2 rings (SSSR count). The van der Waals surface area contributed by atoms with E-state index in [1.807, 2.05) is 0 Å². The third kappa shape index (κ3) is 7.16. The second kappa shape index (κ2) is 10.2. The van der Waals surface area contributed by atoms with Crippen LogP contribution in [-0.2, 0) is 30.7 Å². The summed E-state index contributed by atoms with van der Waals surface area (Å²) in [6.07, 6.45) is -6.51. The summed E-state index contributed by atoms with van der Waals surface area (Å²) in [6, 6.07) is 2.78. The SMILES string of the molecule is [B]Cc1c([B])cc([B])cc1C(=O)OC1C=CC(C(=O)OC(CS(=O)(=O)O)C(F)(F)F)CC1. The molecule has 166 valence electrons. The van der Waals surface area contributed by atoms with E-state index >= 15 is 0 Å². The molecule has 0 aliphatic heterocycles. The van der Waals surface area contributed by atoms with Crippen molar-refractivity contribution in [2.45, 2.75) is 37.5 Å². The van der Waals surface area contributed by atoms with Crippen LogP contribution in [0.25, 0.3) is 0 Å². The van der Waals surface area contributed by atoms with E-state index in [-0.39, 0.29) is 35.7 Å². The summed E-state index contributed by atoms with van der Waals surface area (Å²) < 4.78 is 78.5. The van der Waals surface area contributed by atoms with Gasteiger partial charge in [-0.15, -0.1) is 0 Å². The molecule has 1 N–H and O–H groups in total. The molecule has 0 heterocycles. The summed E-state index contributed by atoms with van der Waals surface area (Å²) in [5, 5.41) is 0. The molecule has 7 nitrogen and oxygen atoms in total. The lowest BCUT2D eigenvalue weighted by molar-refractivity contribution is -0.217. The number of halogens is 3. The number of rotatable bonds is 7. The summed E-state index contributed by atoms with van der Waals surface area (Å²) in [5.41, 5.74) is 0.837. The maximum atomic E-state index is 12.9. The van der Waals surface area contributed by atoms with Gasteiger partial charge < -0.3 is 9.47 Å². The largest absolute Gasteiger partial charge is 0.455 e. The first kappa shape index (κ1) is 26.1. The average molecular weight is 466 g/mol. The van der Waals surface area contributed by atoms with E-state index in [1.165, 1.54) is 24.3 Å². The molecular formula is C18H16B3F3O7S. The minimum atomic E-state index is -5.19. The number of carbonyl (C=O) groups excluding carboxylic acids is 2. The summed E-state index contributed by atoms with van der Waals surface area (Å²) in [6.45, 7) is 0. The maximum absolute atomic E-state index is 12.9. The minimum absolute atomic E-state index is 0.0352. The van der Waals surface area contributed by atoms with Crippen molar-refractivity contribution >= 4 is 56.5 Å². The number of hydrogen-bond donors (Lipinski definition) is 1. The first-order valence-electron chi connectivity index (χ1n) is 9.21. The van der Waals surface area contributed by atoms with Crippen LogP contribution in [0, 0.1) is 5.92 Å². The summed E-state index contributed by atoms with van der Waals surface area (Å²) in [7, 11) is 12.0. The molecule has 3 atom stereocenters. The highest BCUT2D eigenvalue weighted by atomic mass is 32.2. The molecule has 0 bridgehead atoms. The molecule has 1 aromatic carbocycles. The van der Waals surface area contributed by atoms with E-state index in [0.29, 0.717) is 5.56 Å². The van der Waals surface area contributed by atoms with Gasteiger partial charge in [-0.3, -0.25) is 9.35 Å². The van der Waals surface area contributed by atoms with Crippen molar-refractivity contribution in [2.75, 3.05) is 5.75 Å². The Balaban J connectivity index is 2.05. The van der Waals surface area contributed by atoms with Crippen molar-refractivity contribution in [1.29, 1.82) is 0 Å². The van der Waals surface area contributed by atoms with Gasteiger partial charge in [0.1, 0.15) is 27.5 Å². The minimum Gasteiger partial charge on any atom is -0.455 e. The van der Waals surface area contributed by atoms with Crippen LogP contribution in [-0.4, -0.2) is 72.6 Å². The van der Waals surface area contributed by atoms with Gasteiger partial charge in [0.25, 0.3) is 10.1 Å². The van der Waals surface area contributed by atoms with Gasteiger partial charge in [0, 0.05) is 0 Å². The third-order valence-electron chi connectivity index (χ3n) is 4.60. The Kier molecular flexibility index (Phi) is 8.27. The van der Waals surface area contributed by atoms with E-state index in [9.17, 15) is 31.2 Å². The second-order valence-electron chi connectivity index (χ2n) is 7.07. The molecule has 0 saturated heterocycles. The monoisotopic (exact) mass is 466 g/mol. The molecule has 32 heavy (non-hydrogen) atoms. The van der Waals surface area contributed by atoms with E-state index < -0.39 is 52.1 Å². The first-order chi connectivity index (χ1) is 14.7. The Morgan fingerprint density at radius 3 is 2.34 bits per heavy atom. The Morgan fingerprint density at radius 1 is 1.19 bits per heavy atom. The molecule has 0 fully saturated rings. The fourth-order valence-corrected chi connectivity index (χ4v) is 3.67. The smallest absolute Gasteiger partial charge is 0.426 e. The maximum Gasteiger partial charge on any atom is 0.426 e. The number of ether oxygens (including phenoxy) is 2. The van der Waals surface area contributed by atoms with Gasteiger partial charge in [0.15, 0.2) is 0 Å². The van der Waals surface area contributed by atoms with Gasteiger partial charge in [-0.05, 0) is 24.5 Å². The van der Waals surface area contributed by atoms with Gasteiger partial charge in [-0.25, -0.2) is 4.79 Å². The van der Waals surface area contributed by atoms with Crippen LogP contribution >= 0.6 is 0 Å². The van der Waals surface area contributed by atoms with E-state index in [0.717, 1.165) is 0 Å². The van der Waals surface area contributed by atoms with Crippen LogP contribution in [0.2, 0.25) is 0 Å². The van der Waals surface area contributed by atoms with Crippen LogP contribution < -0.4 is 10.9 Å². The van der Waals surface area contributed by atoms with Gasteiger partial charge in [-0.2, -0.15) is 21.6 Å². The molecule has 1 aliphatic carbocycles. The Hall–Kier alpha value is -2.21. The van der Waals surface area contributed by atoms with E-state index in [2.05, 4.69) is 4.74 Å². The zero-order valence-electron chi connectivity index (χ0n) is 16.5.